The summed E-state index contributed by atoms with van der Waals surface area (Å²) in [5.74, 6) is -2.11. The summed E-state index contributed by atoms with van der Waals surface area (Å²) in [6.07, 6.45) is 0.000925. The van der Waals surface area contributed by atoms with Crippen molar-refractivity contribution >= 4 is 11.9 Å². The number of carboxylic acids is 1. The highest BCUT2D eigenvalue weighted by Crippen LogP contribution is 2.19. The highest BCUT2D eigenvalue weighted by Gasteiger charge is 2.21. The largest absolute Gasteiger partial charge is 0.480 e. The van der Waals surface area contributed by atoms with Crippen molar-refractivity contribution in [1.29, 1.82) is 0 Å². The number of carbonyl (C=O) groups excluding carboxylic acids is 1. The number of aliphatic carboxylic acids is 1. The number of hydrogen-bond acceptors (Lipinski definition) is 2. The molecule has 3 aromatic carbocycles. The van der Waals surface area contributed by atoms with Crippen molar-refractivity contribution in [1.82, 2.24) is 5.32 Å². The second-order valence-electron chi connectivity index (χ2n) is 6.14. The molecule has 3 rings (SSSR count). The summed E-state index contributed by atoms with van der Waals surface area (Å²) >= 11 is 0. The first-order valence-corrected chi connectivity index (χ1v) is 8.46. The first kappa shape index (κ1) is 18.3. The average Bonchev–Trinajstić information content (AvgIpc) is 2.68. The molecule has 0 bridgehead atoms. The molecule has 2 N–H and O–H groups in total. The van der Waals surface area contributed by atoms with E-state index in [9.17, 15) is 19.1 Å². The Morgan fingerprint density at radius 2 is 1.56 bits per heavy atom. The van der Waals surface area contributed by atoms with Gasteiger partial charge in [-0.2, -0.15) is 0 Å². The van der Waals surface area contributed by atoms with E-state index in [1.165, 1.54) is 18.2 Å². The van der Waals surface area contributed by atoms with Gasteiger partial charge in [0.15, 0.2) is 0 Å². The Morgan fingerprint density at radius 3 is 2.19 bits per heavy atom. The standard InChI is InChI=1S/C22H18FNO3/c23-19-8-4-5-15(13-19)14-20(22(26)27)24-21(25)18-11-9-17(10-12-18)16-6-2-1-3-7-16/h1-13,20H,14H2,(H,24,25)(H,26,27)/t20-/m0/s1. The molecular formula is C22H18FNO3. The van der Waals surface area contributed by atoms with Crippen LogP contribution in [-0.4, -0.2) is 23.0 Å². The Bertz CT molecular complexity index is 939. The molecule has 136 valence electrons. The number of carbonyl (C=O) groups is 2. The zero-order chi connectivity index (χ0) is 19.2. The van der Waals surface area contributed by atoms with Crippen LogP contribution in [0.25, 0.3) is 11.1 Å². The summed E-state index contributed by atoms with van der Waals surface area (Å²) in [6.45, 7) is 0. The minimum absolute atomic E-state index is 0.000925. The van der Waals surface area contributed by atoms with Gasteiger partial charge in [-0.1, -0.05) is 54.6 Å². The minimum atomic E-state index is -1.17. The minimum Gasteiger partial charge on any atom is -0.480 e. The molecule has 0 aliphatic heterocycles. The molecule has 0 saturated carbocycles. The Balaban J connectivity index is 1.71. The van der Waals surface area contributed by atoms with Crippen molar-refractivity contribution in [3.63, 3.8) is 0 Å². The molecular weight excluding hydrogens is 345 g/mol. The van der Waals surface area contributed by atoms with Crippen LogP contribution in [0, 0.1) is 5.82 Å². The van der Waals surface area contributed by atoms with Crippen molar-refractivity contribution in [3.05, 3.63) is 95.8 Å². The van der Waals surface area contributed by atoms with Gasteiger partial charge in [-0.25, -0.2) is 9.18 Å². The molecule has 27 heavy (non-hydrogen) atoms. The number of rotatable bonds is 6. The lowest BCUT2D eigenvalue weighted by molar-refractivity contribution is -0.139. The van der Waals surface area contributed by atoms with Gasteiger partial charge in [-0.3, -0.25) is 4.79 Å². The van der Waals surface area contributed by atoms with Crippen molar-refractivity contribution < 1.29 is 19.1 Å². The molecule has 0 saturated heterocycles. The Hall–Kier alpha value is -3.47. The van der Waals surface area contributed by atoms with Crippen LogP contribution in [0.5, 0.6) is 0 Å². The van der Waals surface area contributed by atoms with Crippen LogP contribution in [-0.2, 0) is 11.2 Å². The molecule has 0 unspecified atom stereocenters. The average molecular weight is 363 g/mol. The van der Waals surface area contributed by atoms with Crippen molar-refractivity contribution in [2.75, 3.05) is 0 Å². The maximum absolute atomic E-state index is 13.3. The SMILES string of the molecule is O=C(N[C@@H](Cc1cccc(F)c1)C(=O)O)c1ccc(-c2ccccc2)cc1. The van der Waals surface area contributed by atoms with Gasteiger partial charge in [0.2, 0.25) is 0 Å². The van der Waals surface area contributed by atoms with E-state index in [0.29, 0.717) is 11.1 Å². The molecule has 0 radical (unpaired) electrons. The maximum Gasteiger partial charge on any atom is 0.326 e. The van der Waals surface area contributed by atoms with Crippen LogP contribution < -0.4 is 5.32 Å². The first-order valence-electron chi connectivity index (χ1n) is 8.46. The van der Waals surface area contributed by atoms with Gasteiger partial charge in [0.25, 0.3) is 5.91 Å². The Labute approximate surface area is 156 Å². The van der Waals surface area contributed by atoms with Crippen LogP contribution in [0.1, 0.15) is 15.9 Å². The number of nitrogens with one attached hydrogen (secondary N) is 1. The van der Waals surface area contributed by atoms with Gasteiger partial charge in [0.1, 0.15) is 11.9 Å². The van der Waals surface area contributed by atoms with E-state index in [1.807, 2.05) is 42.5 Å². The zero-order valence-electron chi connectivity index (χ0n) is 14.4. The molecule has 0 aromatic heterocycles. The second-order valence-corrected chi connectivity index (χ2v) is 6.14. The van der Waals surface area contributed by atoms with Gasteiger partial charge in [0.05, 0.1) is 0 Å². The summed E-state index contributed by atoms with van der Waals surface area (Å²) in [4.78, 5) is 23.9. The number of amides is 1. The van der Waals surface area contributed by atoms with E-state index < -0.39 is 23.7 Å². The molecule has 0 aliphatic carbocycles. The van der Waals surface area contributed by atoms with E-state index in [1.54, 1.807) is 18.2 Å². The van der Waals surface area contributed by atoms with E-state index in [4.69, 9.17) is 0 Å². The third-order valence-corrected chi connectivity index (χ3v) is 4.19. The first-order chi connectivity index (χ1) is 13.0. The Morgan fingerprint density at radius 1 is 0.889 bits per heavy atom. The van der Waals surface area contributed by atoms with Gasteiger partial charge < -0.3 is 10.4 Å². The quantitative estimate of drug-likeness (QED) is 0.698. The number of carboxylic acid groups (broad SMARTS) is 1. The molecule has 1 atom stereocenters. The fraction of sp³-hybridized carbons (Fsp3) is 0.0909. The lowest BCUT2D eigenvalue weighted by atomic mass is 10.0. The highest BCUT2D eigenvalue weighted by atomic mass is 19.1. The van der Waals surface area contributed by atoms with Crippen LogP contribution in [0.15, 0.2) is 78.9 Å². The summed E-state index contributed by atoms with van der Waals surface area (Å²) in [5, 5.41) is 11.9. The van der Waals surface area contributed by atoms with Crippen LogP contribution in [0.4, 0.5) is 4.39 Å². The molecule has 0 heterocycles. The molecule has 5 heteroatoms. The fourth-order valence-corrected chi connectivity index (χ4v) is 2.79. The maximum atomic E-state index is 13.3. The molecule has 0 spiro atoms. The van der Waals surface area contributed by atoms with E-state index >= 15 is 0 Å². The van der Waals surface area contributed by atoms with E-state index in [0.717, 1.165) is 11.1 Å². The topological polar surface area (TPSA) is 66.4 Å². The van der Waals surface area contributed by atoms with Gasteiger partial charge in [-0.15, -0.1) is 0 Å². The predicted molar refractivity (Wildman–Crippen MR) is 101 cm³/mol. The van der Waals surface area contributed by atoms with Crippen molar-refractivity contribution in [2.45, 2.75) is 12.5 Å². The summed E-state index contributed by atoms with van der Waals surface area (Å²) < 4.78 is 13.3. The van der Waals surface area contributed by atoms with Gasteiger partial charge >= 0.3 is 5.97 Å². The van der Waals surface area contributed by atoms with Crippen LogP contribution in [0.3, 0.4) is 0 Å². The summed E-state index contributed by atoms with van der Waals surface area (Å²) in [5.41, 5.74) is 2.85. The van der Waals surface area contributed by atoms with Crippen molar-refractivity contribution in [2.24, 2.45) is 0 Å². The van der Waals surface area contributed by atoms with Crippen LogP contribution >= 0.6 is 0 Å². The number of benzene rings is 3. The highest BCUT2D eigenvalue weighted by molar-refractivity contribution is 5.97. The third-order valence-electron chi connectivity index (χ3n) is 4.19. The van der Waals surface area contributed by atoms with Gasteiger partial charge in [-0.05, 0) is 41.0 Å². The smallest absolute Gasteiger partial charge is 0.326 e. The number of halogens is 1. The second kappa shape index (κ2) is 8.27. The molecule has 0 aliphatic rings. The molecule has 3 aromatic rings. The normalized spacial score (nSPS) is 11.6. The monoisotopic (exact) mass is 363 g/mol. The van der Waals surface area contributed by atoms with Gasteiger partial charge in [0, 0.05) is 12.0 Å². The van der Waals surface area contributed by atoms with Crippen molar-refractivity contribution in [3.8, 4) is 11.1 Å². The molecule has 4 nitrogen and oxygen atoms in total. The van der Waals surface area contributed by atoms with Crippen LogP contribution in [0.2, 0.25) is 0 Å². The van der Waals surface area contributed by atoms with E-state index in [2.05, 4.69) is 5.32 Å². The lowest BCUT2D eigenvalue weighted by Gasteiger charge is -2.15. The zero-order valence-corrected chi connectivity index (χ0v) is 14.4. The number of hydrogen-bond donors (Lipinski definition) is 2. The third kappa shape index (κ3) is 4.79. The summed E-state index contributed by atoms with van der Waals surface area (Å²) in [6, 6.07) is 21.2. The fourth-order valence-electron chi connectivity index (χ4n) is 2.79. The summed E-state index contributed by atoms with van der Waals surface area (Å²) in [7, 11) is 0. The molecule has 1 amide bonds. The Kier molecular flexibility index (Phi) is 5.61. The van der Waals surface area contributed by atoms with E-state index in [-0.39, 0.29) is 6.42 Å². The lowest BCUT2D eigenvalue weighted by Crippen LogP contribution is -2.42. The molecule has 0 fully saturated rings. The predicted octanol–water partition coefficient (Wildman–Crippen LogP) is 3.92.